The largest absolute Gasteiger partial charge is 0.483 e. The lowest BCUT2D eigenvalue weighted by molar-refractivity contribution is -0.153. The van der Waals surface area contributed by atoms with Gasteiger partial charge in [0.1, 0.15) is 15.5 Å². The van der Waals surface area contributed by atoms with Crippen LogP contribution in [-0.4, -0.2) is 58.2 Å². The monoisotopic (exact) mass is 622 g/mol. The van der Waals surface area contributed by atoms with Gasteiger partial charge in [0.05, 0.1) is 12.8 Å². The molecule has 0 amide bonds. The molecule has 0 saturated heterocycles. The molecule has 0 spiro atoms. The van der Waals surface area contributed by atoms with Crippen molar-refractivity contribution in [3.8, 4) is 16.2 Å². The Hall–Kier alpha value is -3.09. The molecule has 0 N–H and O–H groups in total. The van der Waals surface area contributed by atoms with Crippen LogP contribution in [0.5, 0.6) is 5.75 Å². The highest BCUT2D eigenvalue weighted by molar-refractivity contribution is 7.89. The number of hydrogen-bond donors (Lipinski definition) is 0. The molecule has 2 aliphatic rings. The summed E-state index contributed by atoms with van der Waals surface area (Å²) in [7, 11) is -1.26. The number of thiophene rings is 1. The van der Waals surface area contributed by atoms with E-state index in [1.165, 1.54) is 23.5 Å². The Balaban J connectivity index is 1.74. The molecule has 0 unspecified atom stereocenters. The molecule has 1 atom stereocenters. The molecule has 42 heavy (non-hydrogen) atoms. The van der Waals surface area contributed by atoms with Gasteiger partial charge in [0.25, 0.3) is 0 Å². The molecule has 1 aliphatic carbocycles. The van der Waals surface area contributed by atoms with Gasteiger partial charge in [0.15, 0.2) is 6.61 Å². The first-order valence-corrected chi connectivity index (χ1v) is 16.0. The summed E-state index contributed by atoms with van der Waals surface area (Å²) in [6, 6.07) is 13.3. The van der Waals surface area contributed by atoms with E-state index >= 15 is 0 Å². The van der Waals surface area contributed by atoms with E-state index < -0.39 is 28.8 Å². The Morgan fingerprint density at radius 1 is 1.07 bits per heavy atom. The molecule has 1 fully saturated rings. The maximum absolute atomic E-state index is 14.3. The minimum atomic E-state index is -4.62. The average molecular weight is 623 g/mol. The average Bonchev–Trinajstić information content (AvgIpc) is 3.33. The van der Waals surface area contributed by atoms with Crippen LogP contribution in [0.4, 0.5) is 24.5 Å². The second-order valence-electron chi connectivity index (χ2n) is 10.8. The Bertz CT molecular complexity index is 1550. The molecule has 1 aromatic heterocycles. The van der Waals surface area contributed by atoms with Crippen molar-refractivity contribution in [2.75, 3.05) is 32.2 Å². The highest BCUT2D eigenvalue weighted by Gasteiger charge is 2.42. The summed E-state index contributed by atoms with van der Waals surface area (Å²) in [5.41, 5.74) is 1.68. The van der Waals surface area contributed by atoms with Crippen LogP contribution in [0, 0.1) is 12.8 Å². The van der Waals surface area contributed by atoms with E-state index in [4.69, 9.17) is 9.47 Å². The predicted octanol–water partition coefficient (Wildman–Crippen LogP) is 7.17. The number of likely N-dealkylation sites (N-methyl/N-ethyl adjacent to an activating group) is 1. The first-order valence-electron chi connectivity index (χ1n) is 13.8. The predicted molar refractivity (Wildman–Crippen MR) is 156 cm³/mol. The number of carbonyl (C=O) groups excluding carboxylic acids is 1. The van der Waals surface area contributed by atoms with Gasteiger partial charge in [0, 0.05) is 41.8 Å². The number of nitrogens with zero attached hydrogens (tertiary/aromatic N) is 2. The Labute approximate surface area is 247 Å². The number of anilines is 2. The number of methoxy groups -OCH3 is 1. The number of aryl methyl sites for hydroxylation is 1. The van der Waals surface area contributed by atoms with E-state index in [1.807, 2.05) is 35.2 Å². The number of esters is 1. The quantitative estimate of drug-likeness (QED) is 0.271. The highest BCUT2D eigenvalue weighted by Crippen LogP contribution is 2.47. The molecular weight excluding hydrogens is 589 g/mol. The minimum Gasteiger partial charge on any atom is -0.483 e. The Morgan fingerprint density at radius 2 is 1.76 bits per heavy atom. The number of hydrogen-bond acceptors (Lipinski definition) is 7. The van der Waals surface area contributed by atoms with Crippen LogP contribution in [0.2, 0.25) is 0 Å². The van der Waals surface area contributed by atoms with Crippen molar-refractivity contribution in [1.82, 2.24) is 4.31 Å². The van der Waals surface area contributed by atoms with Crippen molar-refractivity contribution >= 4 is 38.7 Å². The number of fused-ring (bicyclic) bond motifs is 1. The van der Waals surface area contributed by atoms with Crippen LogP contribution in [0.15, 0.2) is 53.4 Å². The fourth-order valence-electron chi connectivity index (χ4n) is 5.90. The second-order valence-corrected chi connectivity index (χ2v) is 13.8. The van der Waals surface area contributed by atoms with Gasteiger partial charge in [0.2, 0.25) is 10.0 Å². The summed E-state index contributed by atoms with van der Waals surface area (Å²) >= 11 is 1.01. The zero-order valence-corrected chi connectivity index (χ0v) is 25.2. The molecule has 12 heteroatoms. The fourth-order valence-corrected chi connectivity index (χ4v) is 8.62. The third kappa shape index (κ3) is 6.02. The number of alkyl halides is 3. The summed E-state index contributed by atoms with van der Waals surface area (Å²) in [4.78, 5) is 14.8. The van der Waals surface area contributed by atoms with Crippen molar-refractivity contribution in [1.29, 1.82) is 0 Å². The fraction of sp³-hybridized carbons (Fsp3) is 0.433. The number of para-hydroxylation sites is 1. The van der Waals surface area contributed by atoms with Gasteiger partial charge in [-0.2, -0.15) is 17.5 Å². The van der Waals surface area contributed by atoms with Gasteiger partial charge < -0.3 is 14.4 Å². The lowest BCUT2D eigenvalue weighted by atomic mass is 9.83. The number of benzene rings is 2. The summed E-state index contributed by atoms with van der Waals surface area (Å²) in [5.74, 6) is -0.574. The third-order valence-corrected chi connectivity index (χ3v) is 11.2. The lowest BCUT2D eigenvalue weighted by Crippen LogP contribution is -2.46. The van der Waals surface area contributed by atoms with Crippen molar-refractivity contribution in [3.63, 3.8) is 0 Å². The second kappa shape index (κ2) is 11.9. The number of rotatable bonds is 6. The van der Waals surface area contributed by atoms with Crippen molar-refractivity contribution < 1.29 is 35.9 Å². The molecule has 2 aromatic carbocycles. The molecule has 226 valence electrons. The summed E-state index contributed by atoms with van der Waals surface area (Å²) in [6.07, 6.45) is 0.336. The summed E-state index contributed by atoms with van der Waals surface area (Å²) < 4.78 is 80.4. The van der Waals surface area contributed by atoms with Crippen LogP contribution in [0.3, 0.4) is 0 Å². The third-order valence-electron chi connectivity index (χ3n) is 8.05. The number of halogens is 3. The number of sulfonamides is 1. The van der Waals surface area contributed by atoms with Gasteiger partial charge >= 0.3 is 12.1 Å². The SMILES string of the molecule is COC(=O)c1sc(-c2cc3c(cc2OCC(F)(F)F)N(c2ccccc2)C[C@@H](C2CCCCC2)N(C)S3(=O)=O)cc1C. The summed E-state index contributed by atoms with van der Waals surface area (Å²) in [5, 5.41) is 0. The van der Waals surface area contributed by atoms with Crippen LogP contribution >= 0.6 is 11.3 Å². The van der Waals surface area contributed by atoms with Gasteiger partial charge in [-0.05, 0) is 55.5 Å². The number of carbonyl (C=O) groups is 1. The molecule has 1 saturated carbocycles. The van der Waals surface area contributed by atoms with Crippen LogP contribution in [-0.2, 0) is 14.8 Å². The van der Waals surface area contributed by atoms with Crippen molar-refractivity contribution in [2.45, 2.75) is 56.1 Å². The molecule has 1 aliphatic heterocycles. The summed E-state index contributed by atoms with van der Waals surface area (Å²) in [6.45, 7) is 0.456. The molecule has 0 bridgehead atoms. The first-order chi connectivity index (χ1) is 19.9. The van der Waals surface area contributed by atoms with E-state index in [9.17, 15) is 26.4 Å². The van der Waals surface area contributed by atoms with Crippen molar-refractivity contribution in [2.24, 2.45) is 5.92 Å². The van der Waals surface area contributed by atoms with Crippen LogP contribution in [0.25, 0.3) is 10.4 Å². The maximum atomic E-state index is 14.3. The maximum Gasteiger partial charge on any atom is 0.422 e. The topological polar surface area (TPSA) is 76.2 Å². The van der Waals surface area contributed by atoms with Gasteiger partial charge in [-0.25, -0.2) is 13.2 Å². The zero-order chi connectivity index (χ0) is 30.2. The van der Waals surface area contributed by atoms with Gasteiger partial charge in [-0.15, -0.1) is 11.3 Å². The zero-order valence-electron chi connectivity index (χ0n) is 23.6. The van der Waals surface area contributed by atoms with Crippen molar-refractivity contribution in [3.05, 3.63) is 59.0 Å². The van der Waals surface area contributed by atoms with Gasteiger partial charge in [-0.1, -0.05) is 37.5 Å². The Kier molecular flexibility index (Phi) is 8.60. The molecule has 3 aromatic rings. The Morgan fingerprint density at radius 3 is 2.40 bits per heavy atom. The minimum absolute atomic E-state index is 0.0350. The van der Waals surface area contributed by atoms with E-state index in [0.29, 0.717) is 17.0 Å². The number of ether oxygens (including phenoxy) is 2. The smallest absolute Gasteiger partial charge is 0.422 e. The molecule has 5 rings (SSSR count). The molecule has 2 heterocycles. The van der Waals surface area contributed by atoms with E-state index in [1.54, 1.807) is 20.0 Å². The lowest BCUT2D eigenvalue weighted by Gasteiger charge is -2.36. The standard InChI is InChI=1S/C30H33F3N2O5S2/c1-19-14-26(41-28(19)29(36)39-3)22-15-27-23(16-25(22)40-18-30(31,32)33)35(21-12-8-5-9-13-21)17-24(34(2)42(27,37)38)20-10-6-4-7-11-20/h5,8-9,12-16,20,24H,4,6-7,10-11,17-18H2,1-3H3/t24-/m0/s1. The molecule has 7 nitrogen and oxygen atoms in total. The molecule has 0 radical (unpaired) electrons. The molecular formula is C30H33F3N2O5S2. The normalized spacial score (nSPS) is 19.7. The van der Waals surface area contributed by atoms with Crippen LogP contribution in [0.1, 0.15) is 47.3 Å². The first kappa shape index (κ1) is 30.4. The van der Waals surface area contributed by atoms with E-state index in [0.717, 1.165) is 49.1 Å². The van der Waals surface area contributed by atoms with E-state index in [-0.39, 0.29) is 38.7 Å². The van der Waals surface area contributed by atoms with Gasteiger partial charge in [-0.3, -0.25) is 0 Å². The highest BCUT2D eigenvalue weighted by atomic mass is 32.2. The van der Waals surface area contributed by atoms with E-state index in [2.05, 4.69) is 0 Å². The van der Waals surface area contributed by atoms with Crippen LogP contribution < -0.4 is 9.64 Å².